The lowest BCUT2D eigenvalue weighted by Crippen LogP contribution is -2.00. The first kappa shape index (κ1) is 13.1. The Morgan fingerprint density at radius 3 is 2.61 bits per heavy atom. The molecule has 3 heteroatoms. The second kappa shape index (κ2) is 6.57. The Morgan fingerprint density at radius 1 is 1.22 bits per heavy atom. The fourth-order valence-corrected chi connectivity index (χ4v) is 2.44. The number of thiophene rings is 1. The van der Waals surface area contributed by atoms with Crippen molar-refractivity contribution in [2.45, 2.75) is 25.9 Å². The number of hydrogen-bond acceptors (Lipinski definition) is 3. The maximum atomic E-state index is 9.68. The lowest BCUT2D eigenvalue weighted by molar-refractivity contribution is 0.173. The van der Waals surface area contributed by atoms with Crippen molar-refractivity contribution < 1.29 is 9.84 Å². The molecular formula is C15H18O2S. The summed E-state index contributed by atoms with van der Waals surface area (Å²) in [5.41, 5.74) is 0.947. The van der Waals surface area contributed by atoms with E-state index in [2.05, 4.69) is 17.5 Å². The van der Waals surface area contributed by atoms with E-state index in [1.165, 1.54) is 4.88 Å². The van der Waals surface area contributed by atoms with Crippen molar-refractivity contribution in [3.8, 4) is 5.75 Å². The van der Waals surface area contributed by atoms with Crippen LogP contribution in [0.25, 0.3) is 0 Å². The Kier molecular flexibility index (Phi) is 4.79. The molecule has 0 spiro atoms. The quantitative estimate of drug-likeness (QED) is 0.857. The van der Waals surface area contributed by atoms with Gasteiger partial charge >= 0.3 is 0 Å². The van der Waals surface area contributed by atoms with Crippen LogP contribution in [0.15, 0.2) is 41.8 Å². The van der Waals surface area contributed by atoms with Crippen LogP contribution in [0.1, 0.15) is 29.9 Å². The van der Waals surface area contributed by atoms with Crippen LogP contribution in [0.2, 0.25) is 0 Å². The second-order valence-corrected chi connectivity index (χ2v) is 5.20. The van der Waals surface area contributed by atoms with Crippen molar-refractivity contribution in [2.24, 2.45) is 0 Å². The van der Waals surface area contributed by atoms with Crippen LogP contribution in [0, 0.1) is 0 Å². The monoisotopic (exact) mass is 262 g/mol. The minimum Gasteiger partial charge on any atom is -0.493 e. The fraction of sp³-hybridized carbons (Fsp3) is 0.333. The molecule has 2 rings (SSSR count). The molecule has 0 aliphatic carbocycles. The molecule has 1 aromatic heterocycles. The van der Waals surface area contributed by atoms with Crippen molar-refractivity contribution in [3.63, 3.8) is 0 Å². The van der Waals surface area contributed by atoms with Crippen LogP contribution in [0.4, 0.5) is 0 Å². The molecule has 0 amide bonds. The summed E-state index contributed by atoms with van der Waals surface area (Å²) in [4.78, 5) is 1.34. The van der Waals surface area contributed by atoms with Crippen molar-refractivity contribution in [1.82, 2.24) is 0 Å². The largest absolute Gasteiger partial charge is 0.493 e. The molecule has 0 saturated carbocycles. The molecule has 1 heterocycles. The summed E-state index contributed by atoms with van der Waals surface area (Å²) in [5, 5.41) is 11.8. The lowest BCUT2D eigenvalue weighted by atomic mass is 10.1. The smallest absolute Gasteiger partial charge is 0.119 e. The van der Waals surface area contributed by atoms with E-state index in [4.69, 9.17) is 4.74 Å². The molecular weight excluding hydrogens is 244 g/mol. The summed E-state index contributed by atoms with van der Waals surface area (Å²) in [5.74, 6) is 0.860. The Bertz CT molecular complexity index is 448. The molecule has 0 aliphatic heterocycles. The Balaban J connectivity index is 1.83. The molecule has 0 fully saturated rings. The van der Waals surface area contributed by atoms with E-state index in [0.717, 1.165) is 24.2 Å². The van der Waals surface area contributed by atoms with Gasteiger partial charge in [-0.2, -0.15) is 0 Å². The van der Waals surface area contributed by atoms with E-state index < -0.39 is 0 Å². The van der Waals surface area contributed by atoms with Gasteiger partial charge < -0.3 is 9.84 Å². The maximum absolute atomic E-state index is 9.68. The zero-order valence-electron chi connectivity index (χ0n) is 10.5. The van der Waals surface area contributed by atoms with Gasteiger partial charge in [-0.15, -0.1) is 11.3 Å². The van der Waals surface area contributed by atoms with Crippen molar-refractivity contribution in [2.75, 3.05) is 6.61 Å². The molecule has 1 atom stereocenters. The van der Waals surface area contributed by atoms with Crippen LogP contribution < -0.4 is 4.74 Å². The molecule has 18 heavy (non-hydrogen) atoms. The average Bonchev–Trinajstić information content (AvgIpc) is 2.92. The highest BCUT2D eigenvalue weighted by molar-refractivity contribution is 7.09. The molecule has 2 aromatic rings. The summed E-state index contributed by atoms with van der Waals surface area (Å²) < 4.78 is 5.67. The predicted octanol–water partition coefficient (Wildman–Crippen LogP) is 3.81. The molecule has 2 nitrogen and oxygen atoms in total. The van der Waals surface area contributed by atoms with Crippen LogP contribution >= 0.6 is 11.3 Å². The van der Waals surface area contributed by atoms with E-state index in [-0.39, 0.29) is 6.10 Å². The SMILES string of the molecule is CC[C@H](O)c1ccc(OCCc2cccs2)cc1. The van der Waals surface area contributed by atoms with Gasteiger partial charge in [0, 0.05) is 11.3 Å². The van der Waals surface area contributed by atoms with Crippen LogP contribution in [0.3, 0.4) is 0 Å². The van der Waals surface area contributed by atoms with Crippen molar-refractivity contribution in [1.29, 1.82) is 0 Å². The van der Waals surface area contributed by atoms with E-state index in [1.807, 2.05) is 31.2 Å². The number of ether oxygens (including phenoxy) is 1. The third-order valence-electron chi connectivity index (χ3n) is 2.85. The third kappa shape index (κ3) is 3.59. The topological polar surface area (TPSA) is 29.5 Å². The number of aliphatic hydroxyl groups is 1. The molecule has 0 unspecified atom stereocenters. The number of hydrogen-bond donors (Lipinski definition) is 1. The van der Waals surface area contributed by atoms with Gasteiger partial charge in [-0.25, -0.2) is 0 Å². The summed E-state index contributed by atoms with van der Waals surface area (Å²) in [6, 6.07) is 11.9. The normalized spacial score (nSPS) is 12.3. The van der Waals surface area contributed by atoms with Gasteiger partial charge in [0.1, 0.15) is 5.75 Å². The minimum absolute atomic E-state index is 0.370. The van der Waals surface area contributed by atoms with E-state index in [1.54, 1.807) is 11.3 Å². The van der Waals surface area contributed by atoms with E-state index in [0.29, 0.717) is 6.61 Å². The highest BCUT2D eigenvalue weighted by atomic mass is 32.1. The third-order valence-corrected chi connectivity index (χ3v) is 3.79. The maximum Gasteiger partial charge on any atom is 0.119 e. The number of rotatable bonds is 6. The highest BCUT2D eigenvalue weighted by Gasteiger charge is 2.04. The molecule has 1 aromatic carbocycles. The van der Waals surface area contributed by atoms with Gasteiger partial charge in [0.05, 0.1) is 12.7 Å². The van der Waals surface area contributed by atoms with Gasteiger partial charge in [0.2, 0.25) is 0 Å². The average molecular weight is 262 g/mol. The van der Waals surface area contributed by atoms with Gasteiger partial charge in [-0.05, 0) is 35.6 Å². The van der Waals surface area contributed by atoms with E-state index in [9.17, 15) is 5.11 Å². The first-order chi connectivity index (χ1) is 8.79. The zero-order chi connectivity index (χ0) is 12.8. The lowest BCUT2D eigenvalue weighted by Gasteiger charge is -2.09. The summed E-state index contributed by atoms with van der Waals surface area (Å²) in [6.07, 6.45) is 1.31. The molecule has 0 aliphatic rings. The zero-order valence-corrected chi connectivity index (χ0v) is 11.3. The Morgan fingerprint density at radius 2 is 2.00 bits per heavy atom. The summed E-state index contributed by atoms with van der Waals surface area (Å²) in [7, 11) is 0. The number of benzene rings is 1. The Hall–Kier alpha value is -1.32. The summed E-state index contributed by atoms with van der Waals surface area (Å²) >= 11 is 1.75. The predicted molar refractivity (Wildman–Crippen MR) is 75.2 cm³/mol. The van der Waals surface area contributed by atoms with Crippen LogP contribution in [-0.2, 0) is 6.42 Å². The summed E-state index contributed by atoms with van der Waals surface area (Å²) in [6.45, 7) is 2.66. The van der Waals surface area contributed by atoms with Gasteiger partial charge in [0.15, 0.2) is 0 Å². The van der Waals surface area contributed by atoms with Crippen LogP contribution in [-0.4, -0.2) is 11.7 Å². The van der Waals surface area contributed by atoms with Crippen molar-refractivity contribution in [3.05, 3.63) is 52.2 Å². The van der Waals surface area contributed by atoms with Gasteiger partial charge in [-0.3, -0.25) is 0 Å². The second-order valence-electron chi connectivity index (χ2n) is 4.17. The first-order valence-corrected chi connectivity index (χ1v) is 7.10. The van der Waals surface area contributed by atoms with Gasteiger partial charge in [-0.1, -0.05) is 25.1 Å². The first-order valence-electron chi connectivity index (χ1n) is 6.23. The van der Waals surface area contributed by atoms with Crippen LogP contribution in [0.5, 0.6) is 5.75 Å². The van der Waals surface area contributed by atoms with Gasteiger partial charge in [0.25, 0.3) is 0 Å². The molecule has 96 valence electrons. The molecule has 0 bridgehead atoms. The van der Waals surface area contributed by atoms with Crippen molar-refractivity contribution >= 4 is 11.3 Å². The minimum atomic E-state index is -0.370. The Labute approximate surface area is 112 Å². The molecule has 0 saturated heterocycles. The number of aliphatic hydroxyl groups excluding tert-OH is 1. The molecule has 0 radical (unpaired) electrons. The van der Waals surface area contributed by atoms with E-state index >= 15 is 0 Å². The fourth-order valence-electron chi connectivity index (χ4n) is 1.75. The molecule has 1 N–H and O–H groups in total. The highest BCUT2D eigenvalue weighted by Crippen LogP contribution is 2.20. The standard InChI is InChI=1S/C15H18O2S/c1-2-15(16)12-5-7-13(8-6-12)17-10-9-14-4-3-11-18-14/h3-8,11,15-16H,2,9-10H2,1H3/t15-/m0/s1.